The van der Waals surface area contributed by atoms with Crippen molar-refractivity contribution < 1.29 is 9.84 Å². The molecule has 1 unspecified atom stereocenters. The summed E-state index contributed by atoms with van der Waals surface area (Å²) in [4.78, 5) is 11.3. The second-order valence-electron chi connectivity index (χ2n) is 3.10. The first kappa shape index (κ1) is 12.9. The molecule has 4 N–H and O–H groups in total. The largest absolute Gasteiger partial charge is 0.396 e. The standard InChI is InChI=1S/C8H14ClN5O2/c1-16-4-5(2-3-15)11-8-13-6(9)12-7(10)14-8/h5,15H,2-4H2,1H3,(H3,10,11,12,13,14). The van der Waals surface area contributed by atoms with Crippen molar-refractivity contribution >= 4 is 23.5 Å². The van der Waals surface area contributed by atoms with Crippen LogP contribution in [0.5, 0.6) is 0 Å². The lowest BCUT2D eigenvalue weighted by Gasteiger charge is -2.16. The molecule has 0 aliphatic rings. The summed E-state index contributed by atoms with van der Waals surface area (Å²) in [5.74, 6) is 0.315. The number of rotatable bonds is 6. The minimum Gasteiger partial charge on any atom is -0.396 e. The molecule has 1 rings (SSSR count). The SMILES string of the molecule is COCC(CCO)Nc1nc(N)nc(Cl)n1. The molecule has 0 fully saturated rings. The van der Waals surface area contributed by atoms with Crippen LogP contribution in [0, 0.1) is 0 Å². The molecule has 0 aliphatic heterocycles. The van der Waals surface area contributed by atoms with Gasteiger partial charge in [-0.15, -0.1) is 0 Å². The van der Waals surface area contributed by atoms with Crippen molar-refractivity contribution in [2.75, 3.05) is 31.4 Å². The van der Waals surface area contributed by atoms with Gasteiger partial charge in [0.05, 0.1) is 12.6 Å². The molecule has 0 bridgehead atoms. The Labute approximate surface area is 98.0 Å². The van der Waals surface area contributed by atoms with Crippen molar-refractivity contribution in [1.82, 2.24) is 15.0 Å². The van der Waals surface area contributed by atoms with Gasteiger partial charge in [0, 0.05) is 13.7 Å². The maximum absolute atomic E-state index is 8.85. The second-order valence-corrected chi connectivity index (χ2v) is 3.43. The summed E-state index contributed by atoms with van der Waals surface area (Å²) in [7, 11) is 1.57. The first-order chi connectivity index (χ1) is 7.65. The van der Waals surface area contributed by atoms with E-state index >= 15 is 0 Å². The Morgan fingerprint density at radius 1 is 1.50 bits per heavy atom. The molecule has 0 saturated carbocycles. The molecule has 90 valence electrons. The Balaban J connectivity index is 2.68. The highest BCUT2D eigenvalue weighted by molar-refractivity contribution is 6.28. The highest BCUT2D eigenvalue weighted by Gasteiger charge is 2.10. The summed E-state index contributed by atoms with van der Waals surface area (Å²) < 4.78 is 4.98. The predicted molar refractivity (Wildman–Crippen MR) is 60.2 cm³/mol. The van der Waals surface area contributed by atoms with Crippen LogP contribution in [0.4, 0.5) is 11.9 Å². The van der Waals surface area contributed by atoms with Gasteiger partial charge in [-0.05, 0) is 18.0 Å². The van der Waals surface area contributed by atoms with E-state index in [4.69, 9.17) is 27.2 Å². The van der Waals surface area contributed by atoms with Crippen molar-refractivity contribution in [2.24, 2.45) is 0 Å². The summed E-state index contributed by atoms with van der Waals surface area (Å²) in [6, 6.07) is -0.104. The van der Waals surface area contributed by atoms with Crippen molar-refractivity contribution in [3.05, 3.63) is 5.28 Å². The minimum absolute atomic E-state index is 0.0233. The van der Waals surface area contributed by atoms with Gasteiger partial charge in [-0.3, -0.25) is 0 Å². The van der Waals surface area contributed by atoms with E-state index in [1.165, 1.54) is 0 Å². The Bertz CT molecular complexity index is 312. The van der Waals surface area contributed by atoms with E-state index in [0.717, 1.165) is 0 Å². The van der Waals surface area contributed by atoms with Gasteiger partial charge in [0.15, 0.2) is 0 Å². The van der Waals surface area contributed by atoms with Crippen LogP contribution in [0.15, 0.2) is 0 Å². The molecule has 7 nitrogen and oxygen atoms in total. The number of nitrogen functional groups attached to an aromatic ring is 1. The Morgan fingerprint density at radius 2 is 2.25 bits per heavy atom. The maximum atomic E-state index is 8.85. The number of aliphatic hydroxyl groups is 1. The van der Waals surface area contributed by atoms with Crippen LogP contribution >= 0.6 is 11.6 Å². The van der Waals surface area contributed by atoms with Crippen LogP contribution in [-0.2, 0) is 4.74 Å². The lowest BCUT2D eigenvalue weighted by atomic mass is 10.2. The molecule has 1 heterocycles. The fourth-order valence-electron chi connectivity index (χ4n) is 1.17. The number of nitrogens with zero attached hydrogens (tertiary/aromatic N) is 3. The van der Waals surface area contributed by atoms with Crippen LogP contribution < -0.4 is 11.1 Å². The molecule has 0 aromatic carbocycles. The number of methoxy groups -OCH3 is 1. The van der Waals surface area contributed by atoms with E-state index in [1.54, 1.807) is 7.11 Å². The average molecular weight is 248 g/mol. The quantitative estimate of drug-likeness (QED) is 0.645. The van der Waals surface area contributed by atoms with E-state index in [0.29, 0.717) is 13.0 Å². The molecule has 0 radical (unpaired) electrons. The summed E-state index contributed by atoms with van der Waals surface area (Å²) in [5.41, 5.74) is 5.42. The van der Waals surface area contributed by atoms with E-state index in [1.807, 2.05) is 0 Å². The van der Waals surface area contributed by atoms with E-state index in [2.05, 4.69) is 20.3 Å². The summed E-state index contributed by atoms with van der Waals surface area (Å²) >= 11 is 5.62. The number of aromatic nitrogens is 3. The lowest BCUT2D eigenvalue weighted by Crippen LogP contribution is -2.27. The monoisotopic (exact) mass is 247 g/mol. The van der Waals surface area contributed by atoms with Gasteiger partial charge in [0.25, 0.3) is 0 Å². The molecule has 0 saturated heterocycles. The number of nitrogens with one attached hydrogen (secondary N) is 1. The van der Waals surface area contributed by atoms with Crippen LogP contribution in [0.2, 0.25) is 5.28 Å². The number of hydrogen-bond acceptors (Lipinski definition) is 7. The fourth-order valence-corrected chi connectivity index (χ4v) is 1.33. The zero-order valence-electron chi connectivity index (χ0n) is 8.85. The van der Waals surface area contributed by atoms with Crippen molar-refractivity contribution in [1.29, 1.82) is 0 Å². The molecule has 1 atom stereocenters. The zero-order chi connectivity index (χ0) is 12.0. The number of hydrogen-bond donors (Lipinski definition) is 3. The summed E-state index contributed by atoms with van der Waals surface area (Å²) in [6.45, 7) is 0.457. The first-order valence-electron chi connectivity index (χ1n) is 4.69. The molecule has 1 aromatic heterocycles. The van der Waals surface area contributed by atoms with Gasteiger partial charge >= 0.3 is 0 Å². The number of ether oxygens (including phenoxy) is 1. The molecular formula is C8H14ClN5O2. The maximum Gasteiger partial charge on any atom is 0.229 e. The summed E-state index contributed by atoms with van der Waals surface area (Å²) in [5, 5.41) is 11.8. The number of halogens is 1. The third kappa shape index (κ3) is 4.13. The molecule has 0 aliphatic carbocycles. The van der Waals surface area contributed by atoms with Gasteiger partial charge in [-0.1, -0.05) is 0 Å². The van der Waals surface area contributed by atoms with Crippen molar-refractivity contribution in [2.45, 2.75) is 12.5 Å². The van der Waals surface area contributed by atoms with Crippen LogP contribution in [-0.4, -0.2) is 46.4 Å². The van der Waals surface area contributed by atoms with E-state index < -0.39 is 0 Å². The molecule has 8 heteroatoms. The fraction of sp³-hybridized carbons (Fsp3) is 0.625. The average Bonchev–Trinajstić information content (AvgIpc) is 2.16. The number of aliphatic hydroxyl groups excluding tert-OH is 1. The third-order valence-corrected chi connectivity index (χ3v) is 1.97. The Morgan fingerprint density at radius 3 is 2.81 bits per heavy atom. The zero-order valence-corrected chi connectivity index (χ0v) is 9.61. The van der Waals surface area contributed by atoms with Crippen LogP contribution in [0.25, 0.3) is 0 Å². The van der Waals surface area contributed by atoms with E-state index in [9.17, 15) is 0 Å². The van der Waals surface area contributed by atoms with Crippen molar-refractivity contribution in [3.8, 4) is 0 Å². The van der Waals surface area contributed by atoms with Gasteiger partial charge in [-0.2, -0.15) is 15.0 Å². The summed E-state index contributed by atoms with van der Waals surface area (Å²) in [6.07, 6.45) is 0.511. The topological polar surface area (TPSA) is 106 Å². The molecule has 0 amide bonds. The van der Waals surface area contributed by atoms with Gasteiger partial charge in [-0.25, -0.2) is 0 Å². The van der Waals surface area contributed by atoms with Gasteiger partial charge in [0.1, 0.15) is 0 Å². The Kier molecular flexibility index (Phi) is 5.17. The van der Waals surface area contributed by atoms with Gasteiger partial charge in [0.2, 0.25) is 17.2 Å². The third-order valence-electron chi connectivity index (χ3n) is 1.80. The van der Waals surface area contributed by atoms with Crippen LogP contribution in [0.1, 0.15) is 6.42 Å². The number of nitrogens with two attached hydrogens (primary N) is 1. The van der Waals surface area contributed by atoms with Crippen molar-refractivity contribution in [3.63, 3.8) is 0 Å². The molecule has 0 spiro atoms. The molecule has 16 heavy (non-hydrogen) atoms. The normalized spacial score (nSPS) is 12.4. The smallest absolute Gasteiger partial charge is 0.229 e. The second kappa shape index (κ2) is 6.41. The minimum atomic E-state index is -0.104. The predicted octanol–water partition coefficient (Wildman–Crippen LogP) is -0.0835. The molecule has 1 aromatic rings. The van der Waals surface area contributed by atoms with Crippen LogP contribution in [0.3, 0.4) is 0 Å². The highest BCUT2D eigenvalue weighted by atomic mass is 35.5. The lowest BCUT2D eigenvalue weighted by molar-refractivity contribution is 0.170. The van der Waals surface area contributed by atoms with Gasteiger partial charge < -0.3 is 20.9 Å². The molecular weight excluding hydrogens is 234 g/mol. The Hall–Kier alpha value is -1.18. The highest BCUT2D eigenvalue weighted by Crippen LogP contribution is 2.09. The first-order valence-corrected chi connectivity index (χ1v) is 5.07. The number of anilines is 2. The van der Waals surface area contributed by atoms with E-state index in [-0.39, 0.29) is 29.8 Å².